The molecule has 3 nitrogen and oxygen atoms in total. The number of benzene rings is 2. The van der Waals surface area contributed by atoms with Crippen LogP contribution in [0.5, 0.6) is 0 Å². The fraction of sp³-hybridized carbons (Fsp3) is 0. The Labute approximate surface area is 116 Å². The third-order valence-corrected chi connectivity index (χ3v) is 3.28. The van der Waals surface area contributed by atoms with Crippen molar-refractivity contribution in [2.45, 2.75) is 0 Å². The van der Waals surface area contributed by atoms with Crippen molar-refractivity contribution in [3.05, 3.63) is 65.7 Å². The van der Waals surface area contributed by atoms with Gasteiger partial charge in [-0.2, -0.15) is 5.10 Å². The molecule has 1 aromatic heterocycles. The maximum absolute atomic E-state index is 6.29. The molecule has 19 heavy (non-hydrogen) atoms. The average molecular weight is 270 g/mol. The van der Waals surface area contributed by atoms with Crippen molar-refractivity contribution in [3.63, 3.8) is 0 Å². The Kier molecular flexibility index (Phi) is 2.97. The van der Waals surface area contributed by atoms with Gasteiger partial charge in [0, 0.05) is 5.56 Å². The van der Waals surface area contributed by atoms with Gasteiger partial charge in [0.25, 0.3) is 0 Å². The number of hydrogen-bond donors (Lipinski definition) is 1. The number of aromatic nitrogens is 2. The molecule has 2 N–H and O–H groups in total. The second kappa shape index (κ2) is 4.78. The summed E-state index contributed by atoms with van der Waals surface area (Å²) in [6, 6.07) is 19.5. The van der Waals surface area contributed by atoms with Crippen molar-refractivity contribution in [3.8, 4) is 16.9 Å². The third-order valence-electron chi connectivity index (χ3n) is 2.91. The highest BCUT2D eigenvalue weighted by Crippen LogP contribution is 2.33. The molecule has 0 saturated heterocycles. The molecule has 0 spiro atoms. The van der Waals surface area contributed by atoms with Gasteiger partial charge in [0.1, 0.15) is 16.5 Å². The fourth-order valence-corrected chi connectivity index (χ4v) is 2.19. The van der Waals surface area contributed by atoms with Gasteiger partial charge in [-0.15, -0.1) is 0 Å². The van der Waals surface area contributed by atoms with E-state index in [9.17, 15) is 0 Å². The van der Waals surface area contributed by atoms with E-state index in [0.29, 0.717) is 16.5 Å². The lowest BCUT2D eigenvalue weighted by molar-refractivity contribution is 0.895. The minimum Gasteiger partial charge on any atom is -0.382 e. The molecule has 0 aliphatic heterocycles. The molecule has 0 amide bonds. The molecule has 0 unspecified atom stereocenters. The maximum atomic E-state index is 6.29. The van der Waals surface area contributed by atoms with Crippen LogP contribution < -0.4 is 5.73 Å². The molecule has 3 aromatic rings. The molecule has 0 atom stereocenters. The second-order valence-electron chi connectivity index (χ2n) is 4.16. The number of halogens is 1. The summed E-state index contributed by atoms with van der Waals surface area (Å²) in [6.07, 6.45) is 0. The summed E-state index contributed by atoms with van der Waals surface area (Å²) in [5.41, 5.74) is 8.58. The number of nitrogens with zero attached hydrogens (tertiary/aromatic N) is 2. The molecule has 3 rings (SSSR count). The molecule has 0 saturated carbocycles. The van der Waals surface area contributed by atoms with Crippen LogP contribution in [0.3, 0.4) is 0 Å². The van der Waals surface area contributed by atoms with Crippen LogP contribution in [-0.2, 0) is 0 Å². The quantitative estimate of drug-likeness (QED) is 0.769. The Hall–Kier alpha value is -2.26. The predicted molar refractivity (Wildman–Crippen MR) is 78.4 cm³/mol. The molecule has 2 aromatic carbocycles. The van der Waals surface area contributed by atoms with Crippen molar-refractivity contribution in [2.24, 2.45) is 0 Å². The van der Waals surface area contributed by atoms with Crippen molar-refractivity contribution < 1.29 is 0 Å². The topological polar surface area (TPSA) is 43.8 Å². The van der Waals surface area contributed by atoms with Crippen LogP contribution in [-0.4, -0.2) is 9.78 Å². The summed E-state index contributed by atoms with van der Waals surface area (Å²) >= 11 is 6.29. The number of anilines is 1. The maximum Gasteiger partial charge on any atom is 0.146 e. The SMILES string of the molecule is Nc1c(Cl)c(-c2ccccc2)nn1-c1ccccc1. The molecule has 0 aliphatic rings. The summed E-state index contributed by atoms with van der Waals surface area (Å²) in [4.78, 5) is 0. The normalized spacial score (nSPS) is 10.6. The van der Waals surface area contributed by atoms with E-state index in [1.54, 1.807) is 4.68 Å². The summed E-state index contributed by atoms with van der Waals surface area (Å²) in [5, 5.41) is 4.99. The first kappa shape index (κ1) is 11.8. The van der Waals surface area contributed by atoms with E-state index in [2.05, 4.69) is 5.10 Å². The lowest BCUT2D eigenvalue weighted by Gasteiger charge is -2.02. The minimum atomic E-state index is 0.451. The number of rotatable bonds is 2. The van der Waals surface area contributed by atoms with Crippen LogP contribution in [0, 0.1) is 0 Å². The van der Waals surface area contributed by atoms with Gasteiger partial charge >= 0.3 is 0 Å². The van der Waals surface area contributed by atoms with Gasteiger partial charge in [0.2, 0.25) is 0 Å². The van der Waals surface area contributed by atoms with Crippen LogP contribution in [0.2, 0.25) is 5.02 Å². The molecule has 4 heteroatoms. The van der Waals surface area contributed by atoms with Gasteiger partial charge in [-0.1, -0.05) is 60.1 Å². The highest BCUT2D eigenvalue weighted by Gasteiger charge is 2.15. The third kappa shape index (κ3) is 2.09. The summed E-state index contributed by atoms with van der Waals surface area (Å²) in [5.74, 6) is 0.451. The number of hydrogen-bond acceptors (Lipinski definition) is 2. The standard InChI is InChI=1S/C15H12ClN3/c16-13-14(11-7-3-1-4-8-11)18-19(15(13)17)12-9-5-2-6-10-12/h1-10H,17H2. The smallest absolute Gasteiger partial charge is 0.146 e. The van der Waals surface area contributed by atoms with Gasteiger partial charge in [-0.25, -0.2) is 4.68 Å². The Balaban J connectivity index is 2.16. The molecular formula is C15H12ClN3. The highest BCUT2D eigenvalue weighted by molar-refractivity contribution is 6.35. The number of para-hydroxylation sites is 1. The molecular weight excluding hydrogens is 258 g/mol. The first-order valence-corrected chi connectivity index (χ1v) is 6.30. The van der Waals surface area contributed by atoms with E-state index < -0.39 is 0 Å². The van der Waals surface area contributed by atoms with E-state index >= 15 is 0 Å². The highest BCUT2D eigenvalue weighted by atomic mass is 35.5. The second-order valence-corrected chi connectivity index (χ2v) is 4.54. The molecule has 0 aliphatic carbocycles. The van der Waals surface area contributed by atoms with E-state index in [1.807, 2.05) is 60.7 Å². The largest absolute Gasteiger partial charge is 0.382 e. The van der Waals surface area contributed by atoms with Gasteiger partial charge in [0.05, 0.1) is 5.69 Å². The zero-order valence-corrected chi connectivity index (χ0v) is 10.9. The number of nitrogen functional groups attached to an aromatic ring is 1. The van der Waals surface area contributed by atoms with E-state index in [1.165, 1.54) is 0 Å². The zero-order valence-electron chi connectivity index (χ0n) is 10.1. The molecule has 94 valence electrons. The van der Waals surface area contributed by atoms with Gasteiger partial charge in [-0.3, -0.25) is 0 Å². The van der Waals surface area contributed by atoms with E-state index in [-0.39, 0.29) is 0 Å². The van der Waals surface area contributed by atoms with Crippen LogP contribution in [0.15, 0.2) is 60.7 Å². The lowest BCUT2D eigenvalue weighted by Crippen LogP contribution is -2.01. The van der Waals surface area contributed by atoms with Crippen molar-refractivity contribution in [1.82, 2.24) is 9.78 Å². The fourth-order valence-electron chi connectivity index (χ4n) is 1.96. The first-order chi connectivity index (χ1) is 9.27. The number of nitrogens with two attached hydrogens (primary N) is 1. The summed E-state index contributed by atoms with van der Waals surface area (Å²) < 4.78 is 1.66. The minimum absolute atomic E-state index is 0.451. The Morgan fingerprint density at radius 3 is 2.11 bits per heavy atom. The van der Waals surface area contributed by atoms with Crippen molar-refractivity contribution >= 4 is 17.4 Å². The van der Waals surface area contributed by atoms with Crippen LogP contribution in [0.25, 0.3) is 16.9 Å². The van der Waals surface area contributed by atoms with Crippen LogP contribution in [0.4, 0.5) is 5.82 Å². The Bertz CT molecular complexity index is 630. The first-order valence-electron chi connectivity index (χ1n) is 5.92. The Morgan fingerprint density at radius 1 is 0.895 bits per heavy atom. The molecule has 0 fully saturated rings. The zero-order chi connectivity index (χ0) is 13.2. The molecule has 0 radical (unpaired) electrons. The van der Waals surface area contributed by atoms with Crippen LogP contribution in [0.1, 0.15) is 0 Å². The van der Waals surface area contributed by atoms with E-state index in [4.69, 9.17) is 17.3 Å². The van der Waals surface area contributed by atoms with Gasteiger partial charge in [0.15, 0.2) is 0 Å². The monoisotopic (exact) mass is 269 g/mol. The molecule has 0 bridgehead atoms. The average Bonchev–Trinajstić information content (AvgIpc) is 2.77. The Morgan fingerprint density at radius 2 is 1.47 bits per heavy atom. The van der Waals surface area contributed by atoms with E-state index in [0.717, 1.165) is 11.3 Å². The van der Waals surface area contributed by atoms with Crippen molar-refractivity contribution in [2.75, 3.05) is 5.73 Å². The summed E-state index contributed by atoms with van der Waals surface area (Å²) in [7, 11) is 0. The molecule has 1 heterocycles. The van der Waals surface area contributed by atoms with Gasteiger partial charge < -0.3 is 5.73 Å². The van der Waals surface area contributed by atoms with Crippen LogP contribution >= 0.6 is 11.6 Å². The van der Waals surface area contributed by atoms with Gasteiger partial charge in [-0.05, 0) is 12.1 Å². The predicted octanol–water partition coefficient (Wildman–Crippen LogP) is 3.77. The lowest BCUT2D eigenvalue weighted by atomic mass is 10.1. The van der Waals surface area contributed by atoms with Crippen molar-refractivity contribution in [1.29, 1.82) is 0 Å². The summed E-state index contributed by atoms with van der Waals surface area (Å²) in [6.45, 7) is 0.